The third-order valence-corrected chi connectivity index (χ3v) is 5.80. The summed E-state index contributed by atoms with van der Waals surface area (Å²) < 4.78 is 11.7. The molecule has 186 valence electrons. The molecule has 36 heavy (non-hydrogen) atoms. The van der Waals surface area contributed by atoms with E-state index < -0.39 is 23.5 Å². The minimum Gasteiger partial charge on any atom is -0.491 e. The Balaban J connectivity index is 1.57. The van der Waals surface area contributed by atoms with Crippen molar-refractivity contribution in [2.24, 2.45) is 17.4 Å². The normalized spacial score (nSPS) is 13.2. The summed E-state index contributed by atoms with van der Waals surface area (Å²) in [6.45, 7) is 5.49. The summed E-state index contributed by atoms with van der Waals surface area (Å²) in [7, 11) is 0. The van der Waals surface area contributed by atoms with E-state index in [1.165, 1.54) is 0 Å². The second kappa shape index (κ2) is 10.2. The molecule has 0 spiro atoms. The molecule has 4 aromatic rings. The fourth-order valence-corrected chi connectivity index (χ4v) is 3.97. The zero-order chi connectivity index (χ0) is 25.9. The number of fused-ring (bicyclic) bond motifs is 1. The van der Waals surface area contributed by atoms with Crippen molar-refractivity contribution in [2.45, 2.75) is 32.4 Å². The van der Waals surface area contributed by atoms with Crippen molar-refractivity contribution in [1.29, 1.82) is 5.41 Å². The molecule has 0 amide bonds. The van der Waals surface area contributed by atoms with E-state index in [0.717, 1.165) is 27.6 Å². The number of benzene rings is 2. The van der Waals surface area contributed by atoms with Crippen LogP contribution in [-0.2, 0) is 9.53 Å². The number of nitrogens with two attached hydrogens (primary N) is 2. The molecule has 0 saturated carbocycles. The lowest BCUT2D eigenvalue weighted by Gasteiger charge is -2.27. The number of rotatable bonds is 8. The van der Waals surface area contributed by atoms with Crippen molar-refractivity contribution in [3.8, 4) is 16.9 Å². The van der Waals surface area contributed by atoms with Crippen LogP contribution < -0.4 is 16.2 Å². The summed E-state index contributed by atoms with van der Waals surface area (Å²) >= 11 is 0. The van der Waals surface area contributed by atoms with Gasteiger partial charge in [-0.2, -0.15) is 0 Å². The van der Waals surface area contributed by atoms with Gasteiger partial charge in [-0.15, -0.1) is 0 Å². The first-order chi connectivity index (χ1) is 17.1. The van der Waals surface area contributed by atoms with Gasteiger partial charge >= 0.3 is 5.97 Å². The SMILES string of the molecule is CC(C)(C)OC(=O)[C@H](COc1cncc(-c2ccc(C(=N)N)cc2)c1)C(N)c1c[nH]c2ccccc12. The highest BCUT2D eigenvalue weighted by atomic mass is 16.6. The van der Waals surface area contributed by atoms with Crippen LogP contribution in [0, 0.1) is 11.3 Å². The minimum atomic E-state index is -0.748. The van der Waals surface area contributed by atoms with Gasteiger partial charge in [-0.05, 0) is 44.0 Å². The minimum absolute atomic E-state index is 0.0106. The van der Waals surface area contributed by atoms with Crippen LogP contribution in [-0.4, -0.2) is 34.0 Å². The second-order valence-electron chi connectivity index (χ2n) is 9.67. The third-order valence-electron chi connectivity index (χ3n) is 5.80. The number of H-pyrrole nitrogens is 1. The van der Waals surface area contributed by atoms with Crippen molar-refractivity contribution in [2.75, 3.05) is 6.61 Å². The van der Waals surface area contributed by atoms with Crippen LogP contribution >= 0.6 is 0 Å². The number of hydrogen-bond acceptors (Lipinski definition) is 6. The number of nitrogen functional groups attached to an aromatic ring is 1. The first-order valence-corrected chi connectivity index (χ1v) is 11.7. The van der Waals surface area contributed by atoms with E-state index in [0.29, 0.717) is 11.3 Å². The Bertz CT molecular complexity index is 1370. The summed E-state index contributed by atoms with van der Waals surface area (Å²) in [5.74, 6) is -0.662. The van der Waals surface area contributed by atoms with Gasteiger partial charge in [0.25, 0.3) is 0 Å². The number of carbonyl (C=O) groups is 1. The molecular weight excluding hydrogens is 454 g/mol. The topological polar surface area (TPSA) is 140 Å². The number of aromatic amines is 1. The van der Waals surface area contributed by atoms with Crippen LogP contribution in [0.1, 0.15) is 37.9 Å². The predicted molar refractivity (Wildman–Crippen MR) is 141 cm³/mol. The number of aromatic nitrogens is 2. The molecule has 2 aromatic carbocycles. The van der Waals surface area contributed by atoms with E-state index >= 15 is 0 Å². The van der Waals surface area contributed by atoms with Crippen molar-refractivity contribution < 1.29 is 14.3 Å². The molecule has 0 aliphatic carbocycles. The number of ether oxygens (including phenoxy) is 2. The fraction of sp³-hybridized carbons (Fsp3) is 0.250. The fourth-order valence-electron chi connectivity index (χ4n) is 3.97. The first-order valence-electron chi connectivity index (χ1n) is 11.7. The Kier molecular flexibility index (Phi) is 7.07. The van der Waals surface area contributed by atoms with Gasteiger partial charge in [-0.3, -0.25) is 15.2 Å². The Hall–Kier alpha value is -4.17. The van der Waals surface area contributed by atoms with Crippen LogP contribution in [0.15, 0.2) is 73.2 Å². The molecule has 2 aromatic heterocycles. The van der Waals surface area contributed by atoms with E-state index in [9.17, 15) is 4.79 Å². The molecule has 4 rings (SSSR count). The molecule has 6 N–H and O–H groups in total. The van der Waals surface area contributed by atoms with Crippen LogP contribution in [0.4, 0.5) is 0 Å². The molecule has 2 atom stereocenters. The summed E-state index contributed by atoms with van der Waals surface area (Å²) in [6.07, 6.45) is 5.15. The Morgan fingerprint density at radius 3 is 2.50 bits per heavy atom. The molecule has 0 fully saturated rings. The highest BCUT2D eigenvalue weighted by Gasteiger charge is 2.33. The molecule has 0 aliphatic heterocycles. The van der Waals surface area contributed by atoms with Crippen LogP contribution in [0.5, 0.6) is 5.75 Å². The molecule has 8 nitrogen and oxygen atoms in total. The maximum absolute atomic E-state index is 13.2. The Morgan fingerprint density at radius 2 is 1.81 bits per heavy atom. The zero-order valence-corrected chi connectivity index (χ0v) is 20.6. The molecule has 0 saturated heterocycles. The maximum atomic E-state index is 13.2. The Labute approximate surface area is 210 Å². The molecule has 0 radical (unpaired) electrons. The smallest absolute Gasteiger partial charge is 0.314 e. The highest BCUT2D eigenvalue weighted by Crippen LogP contribution is 2.30. The standard InChI is InChI=1S/C28H31N5O3/c1-28(2,3)36-27(34)23(25(29)22-15-33-24-7-5-4-6-21(22)24)16-35-20-12-19(13-32-14-20)17-8-10-18(11-9-17)26(30)31/h4-15,23,25,33H,16,29H2,1-3H3,(H3,30,31)/t23-,25?/m1/s1. The number of para-hydroxylation sites is 1. The summed E-state index contributed by atoms with van der Waals surface area (Å²) in [5.41, 5.74) is 15.7. The van der Waals surface area contributed by atoms with Gasteiger partial charge in [-0.1, -0.05) is 42.5 Å². The molecular formula is C28H31N5O3. The number of amidine groups is 1. The number of nitrogens with one attached hydrogen (secondary N) is 2. The molecule has 0 bridgehead atoms. The van der Waals surface area contributed by atoms with Crippen LogP contribution in [0.3, 0.4) is 0 Å². The van der Waals surface area contributed by atoms with Crippen LogP contribution in [0.2, 0.25) is 0 Å². The summed E-state index contributed by atoms with van der Waals surface area (Å²) in [6, 6.07) is 16.3. The molecule has 8 heteroatoms. The van der Waals surface area contributed by atoms with Gasteiger partial charge in [0.15, 0.2) is 0 Å². The number of pyridine rings is 1. The lowest BCUT2D eigenvalue weighted by molar-refractivity contribution is -0.162. The lowest BCUT2D eigenvalue weighted by Crippen LogP contribution is -2.38. The zero-order valence-electron chi connectivity index (χ0n) is 20.6. The number of esters is 1. The first kappa shape index (κ1) is 24.9. The lowest BCUT2D eigenvalue weighted by atomic mass is 9.93. The van der Waals surface area contributed by atoms with Crippen molar-refractivity contribution >= 4 is 22.7 Å². The van der Waals surface area contributed by atoms with E-state index in [1.807, 2.05) is 69.4 Å². The van der Waals surface area contributed by atoms with E-state index in [2.05, 4.69) is 9.97 Å². The van der Waals surface area contributed by atoms with Gasteiger partial charge in [0.1, 0.15) is 29.7 Å². The maximum Gasteiger partial charge on any atom is 0.314 e. The third kappa shape index (κ3) is 5.72. The number of carbonyl (C=O) groups excluding carboxylic acids is 1. The van der Waals surface area contributed by atoms with E-state index in [4.69, 9.17) is 26.4 Å². The average Bonchev–Trinajstić information content (AvgIpc) is 3.27. The van der Waals surface area contributed by atoms with Gasteiger partial charge < -0.3 is 25.9 Å². The largest absolute Gasteiger partial charge is 0.491 e. The summed E-state index contributed by atoms with van der Waals surface area (Å²) in [4.78, 5) is 20.7. The van der Waals surface area contributed by atoms with E-state index in [1.54, 1.807) is 24.5 Å². The van der Waals surface area contributed by atoms with E-state index in [-0.39, 0.29) is 12.4 Å². The second-order valence-corrected chi connectivity index (χ2v) is 9.67. The van der Waals surface area contributed by atoms with Crippen molar-refractivity contribution in [3.63, 3.8) is 0 Å². The average molecular weight is 486 g/mol. The van der Waals surface area contributed by atoms with Crippen LogP contribution in [0.25, 0.3) is 22.0 Å². The highest BCUT2D eigenvalue weighted by molar-refractivity contribution is 5.95. The quantitative estimate of drug-likeness (QED) is 0.164. The van der Waals surface area contributed by atoms with Crippen molar-refractivity contribution in [3.05, 3.63) is 84.3 Å². The predicted octanol–water partition coefficient (Wildman–Crippen LogP) is 4.55. The monoisotopic (exact) mass is 485 g/mol. The van der Waals surface area contributed by atoms with Gasteiger partial charge in [-0.25, -0.2) is 0 Å². The molecule has 2 heterocycles. The summed E-state index contributed by atoms with van der Waals surface area (Å²) in [5, 5.41) is 8.51. The molecule has 1 unspecified atom stereocenters. The number of nitrogens with zero attached hydrogens (tertiary/aromatic N) is 1. The molecule has 0 aliphatic rings. The van der Waals surface area contributed by atoms with Gasteiger partial charge in [0.2, 0.25) is 0 Å². The number of hydrogen-bond donors (Lipinski definition) is 4. The van der Waals surface area contributed by atoms with Gasteiger partial charge in [0.05, 0.1) is 6.20 Å². The van der Waals surface area contributed by atoms with Crippen molar-refractivity contribution in [1.82, 2.24) is 9.97 Å². The van der Waals surface area contributed by atoms with Gasteiger partial charge in [0, 0.05) is 40.5 Å². The Morgan fingerprint density at radius 1 is 1.08 bits per heavy atom.